The minimum Gasteiger partial charge on any atom is -0.492 e. The summed E-state index contributed by atoms with van der Waals surface area (Å²) in [6, 6.07) is 2.66. The maximum Gasteiger partial charge on any atom is 0.237 e. The minimum atomic E-state index is -1.39. The van der Waals surface area contributed by atoms with E-state index in [1.165, 1.54) is 11.8 Å². The van der Waals surface area contributed by atoms with Gasteiger partial charge in [0.25, 0.3) is 0 Å². The zero-order chi connectivity index (χ0) is 26.1. The van der Waals surface area contributed by atoms with Crippen LogP contribution in [0.4, 0.5) is 0 Å². The number of ether oxygens (including phenoxy) is 2. The summed E-state index contributed by atoms with van der Waals surface area (Å²) >= 11 is 7.62. The van der Waals surface area contributed by atoms with Crippen LogP contribution in [-0.4, -0.2) is 92.9 Å². The number of aliphatic hydroxyl groups excluding tert-OH is 3. The summed E-state index contributed by atoms with van der Waals surface area (Å²) in [4.78, 5) is 17.2. The first-order chi connectivity index (χ1) is 17.3. The number of nitrogens with zero attached hydrogens (tertiary/aromatic N) is 1. The average molecular weight is 546 g/mol. The predicted molar refractivity (Wildman–Crippen MR) is 140 cm³/mol. The first kappa shape index (κ1) is 29.4. The van der Waals surface area contributed by atoms with Crippen LogP contribution in [0.1, 0.15) is 45.4 Å². The molecule has 0 aromatic carbocycles. The SMILES string of the molecule is CS[C@H]1OC([C@H](NC(=O)[C@@H]2CC[C@H](CCCCOc3cccnc3)CCN2)[C@H](C)Cl)[C@H](O)[C@H](O)[C@H]1O. The van der Waals surface area contributed by atoms with Crippen LogP contribution in [0.3, 0.4) is 0 Å². The van der Waals surface area contributed by atoms with Crippen molar-refractivity contribution in [2.24, 2.45) is 5.92 Å². The Morgan fingerprint density at radius 1 is 1.28 bits per heavy atom. The molecule has 36 heavy (non-hydrogen) atoms. The summed E-state index contributed by atoms with van der Waals surface area (Å²) in [6.45, 7) is 3.12. The van der Waals surface area contributed by atoms with Crippen molar-refractivity contribution in [1.29, 1.82) is 0 Å². The second-order valence-electron chi connectivity index (χ2n) is 9.66. The monoisotopic (exact) mass is 545 g/mol. The number of thioether (sulfide) groups is 1. The molecule has 0 saturated carbocycles. The molecule has 3 rings (SSSR count). The number of hydrogen-bond donors (Lipinski definition) is 5. The van der Waals surface area contributed by atoms with Gasteiger partial charge in [-0.15, -0.1) is 23.4 Å². The number of alkyl halides is 1. The zero-order valence-corrected chi connectivity index (χ0v) is 22.5. The van der Waals surface area contributed by atoms with Crippen molar-refractivity contribution >= 4 is 29.3 Å². The van der Waals surface area contributed by atoms with Crippen molar-refractivity contribution in [3.63, 3.8) is 0 Å². The molecule has 0 radical (unpaired) electrons. The van der Waals surface area contributed by atoms with Crippen molar-refractivity contribution in [2.45, 2.75) is 92.8 Å². The average Bonchev–Trinajstić information content (AvgIpc) is 3.12. The zero-order valence-electron chi connectivity index (χ0n) is 21.0. The van der Waals surface area contributed by atoms with Gasteiger partial charge in [0.05, 0.1) is 30.3 Å². The standard InChI is InChI=1S/C25H40ClN3O6S/c1-15(26)19(23-21(31)20(30)22(32)25(35-23)36-2)29-24(33)18-9-8-16(10-12-28-18)6-3-4-13-34-17-7-5-11-27-14-17/h5,7,11,14-16,18-23,25,28,30-32H,3-4,6,8-10,12-13H2,1-2H3,(H,29,33)/t15-,16-,18-,19+,20-,21+,22+,23?,25+/m0/s1. The number of pyridine rings is 1. The van der Waals surface area contributed by atoms with Gasteiger partial charge in [-0.2, -0.15) is 0 Å². The van der Waals surface area contributed by atoms with Crippen LogP contribution >= 0.6 is 23.4 Å². The number of aliphatic hydroxyl groups is 3. The molecule has 5 N–H and O–H groups in total. The van der Waals surface area contributed by atoms with Gasteiger partial charge in [-0.1, -0.05) is 6.42 Å². The van der Waals surface area contributed by atoms with Gasteiger partial charge in [-0.25, -0.2) is 0 Å². The number of rotatable bonds is 11. The maximum absolute atomic E-state index is 13.1. The summed E-state index contributed by atoms with van der Waals surface area (Å²) < 4.78 is 11.6. The van der Waals surface area contributed by atoms with Gasteiger partial charge in [0.1, 0.15) is 35.6 Å². The number of unbranched alkanes of at least 4 members (excludes halogenated alkanes) is 1. The van der Waals surface area contributed by atoms with E-state index < -0.39 is 41.3 Å². The summed E-state index contributed by atoms with van der Waals surface area (Å²) in [5.74, 6) is 1.13. The van der Waals surface area contributed by atoms with Gasteiger partial charge < -0.3 is 35.4 Å². The second kappa shape index (κ2) is 14.7. The van der Waals surface area contributed by atoms with Gasteiger partial charge in [0, 0.05) is 6.20 Å². The third-order valence-corrected chi connectivity index (χ3v) is 8.16. The third-order valence-electron chi connectivity index (χ3n) is 7.03. The lowest BCUT2D eigenvalue weighted by molar-refractivity contribution is -0.205. The van der Waals surface area contributed by atoms with Crippen molar-refractivity contribution in [3.8, 4) is 5.75 Å². The summed E-state index contributed by atoms with van der Waals surface area (Å²) in [5.41, 5.74) is -0.727. The fourth-order valence-corrected chi connectivity index (χ4v) is 5.75. The number of amides is 1. The quantitative estimate of drug-likeness (QED) is 0.208. The molecular formula is C25H40ClN3O6S. The highest BCUT2D eigenvalue weighted by atomic mass is 35.5. The van der Waals surface area contributed by atoms with Crippen LogP contribution in [0.25, 0.3) is 0 Å². The van der Waals surface area contributed by atoms with Gasteiger partial charge in [0.15, 0.2) is 0 Å². The van der Waals surface area contributed by atoms with E-state index in [4.69, 9.17) is 21.1 Å². The molecule has 2 saturated heterocycles. The van der Waals surface area contributed by atoms with E-state index in [-0.39, 0.29) is 11.9 Å². The second-order valence-corrected chi connectivity index (χ2v) is 11.3. The van der Waals surface area contributed by atoms with E-state index in [9.17, 15) is 20.1 Å². The fraction of sp³-hybridized carbons (Fsp3) is 0.760. The molecule has 1 unspecified atom stereocenters. The van der Waals surface area contributed by atoms with Crippen LogP contribution in [0.15, 0.2) is 24.5 Å². The molecule has 1 aromatic heterocycles. The van der Waals surface area contributed by atoms with Crippen LogP contribution in [0.2, 0.25) is 0 Å². The van der Waals surface area contributed by atoms with Crippen LogP contribution in [0.5, 0.6) is 5.75 Å². The minimum absolute atomic E-state index is 0.199. The molecule has 2 aliphatic heterocycles. The largest absolute Gasteiger partial charge is 0.492 e. The Kier molecular flexibility index (Phi) is 12.0. The number of nitrogens with one attached hydrogen (secondary N) is 2. The third kappa shape index (κ3) is 8.18. The molecule has 1 aromatic rings. The molecular weight excluding hydrogens is 506 g/mol. The van der Waals surface area contributed by atoms with Gasteiger partial charge in [0.2, 0.25) is 5.91 Å². The van der Waals surface area contributed by atoms with E-state index in [1.807, 2.05) is 12.1 Å². The lowest BCUT2D eigenvalue weighted by Gasteiger charge is -2.44. The van der Waals surface area contributed by atoms with Crippen LogP contribution in [-0.2, 0) is 9.53 Å². The first-order valence-electron chi connectivity index (χ1n) is 12.7. The number of carbonyl (C=O) groups excluding carboxylic acids is 1. The van der Waals surface area contributed by atoms with E-state index in [1.54, 1.807) is 25.6 Å². The van der Waals surface area contributed by atoms with Crippen molar-refractivity contribution < 1.29 is 29.6 Å². The summed E-state index contributed by atoms with van der Waals surface area (Å²) in [5, 5.41) is 36.7. The van der Waals surface area contributed by atoms with Crippen molar-refractivity contribution in [3.05, 3.63) is 24.5 Å². The van der Waals surface area contributed by atoms with E-state index in [2.05, 4.69) is 15.6 Å². The molecule has 0 bridgehead atoms. The Hall–Kier alpha value is -1.14. The van der Waals surface area contributed by atoms with E-state index in [0.717, 1.165) is 44.4 Å². The number of aromatic nitrogens is 1. The van der Waals surface area contributed by atoms with Crippen molar-refractivity contribution in [1.82, 2.24) is 15.6 Å². The molecule has 0 aliphatic carbocycles. The topological polar surface area (TPSA) is 133 Å². The highest BCUT2D eigenvalue weighted by molar-refractivity contribution is 7.99. The molecule has 0 spiro atoms. The highest BCUT2D eigenvalue weighted by Gasteiger charge is 2.48. The fourth-order valence-electron chi connectivity index (χ4n) is 4.87. The van der Waals surface area contributed by atoms with Gasteiger partial charge in [-0.3, -0.25) is 9.78 Å². The van der Waals surface area contributed by atoms with Crippen molar-refractivity contribution in [2.75, 3.05) is 19.4 Å². The Morgan fingerprint density at radius 3 is 2.78 bits per heavy atom. The number of hydrogen-bond acceptors (Lipinski definition) is 9. The Balaban J connectivity index is 1.45. The summed E-state index contributed by atoms with van der Waals surface area (Å²) in [7, 11) is 0. The smallest absolute Gasteiger partial charge is 0.237 e. The molecule has 9 atom stereocenters. The van der Waals surface area contributed by atoms with E-state index >= 15 is 0 Å². The van der Waals surface area contributed by atoms with Gasteiger partial charge >= 0.3 is 0 Å². The summed E-state index contributed by atoms with van der Waals surface area (Å²) in [6.07, 6.45) is 6.03. The predicted octanol–water partition coefficient (Wildman–Crippen LogP) is 1.67. The molecule has 2 fully saturated rings. The molecule has 1 amide bonds. The van der Waals surface area contributed by atoms with Gasteiger partial charge in [-0.05, 0) is 69.9 Å². The molecule has 3 heterocycles. The Morgan fingerprint density at radius 2 is 2.08 bits per heavy atom. The lowest BCUT2D eigenvalue weighted by atomic mass is 9.92. The van der Waals surface area contributed by atoms with Crippen LogP contribution in [0, 0.1) is 5.92 Å². The molecule has 2 aliphatic rings. The normalized spacial score (nSPS) is 32.8. The number of halogens is 1. The Bertz CT molecular complexity index is 792. The maximum atomic E-state index is 13.1. The number of carbonyl (C=O) groups is 1. The van der Waals surface area contributed by atoms with E-state index in [0.29, 0.717) is 18.9 Å². The molecule has 11 heteroatoms. The first-order valence-corrected chi connectivity index (χ1v) is 14.5. The van der Waals surface area contributed by atoms with Crippen LogP contribution < -0.4 is 15.4 Å². The Labute approximate surface area is 222 Å². The molecule has 204 valence electrons. The highest BCUT2D eigenvalue weighted by Crippen LogP contribution is 2.30. The molecule has 9 nitrogen and oxygen atoms in total. The lowest BCUT2D eigenvalue weighted by Crippen LogP contribution is -2.65.